The summed E-state index contributed by atoms with van der Waals surface area (Å²) >= 11 is 0. The highest BCUT2D eigenvalue weighted by Crippen LogP contribution is 2.48. The van der Waals surface area contributed by atoms with Gasteiger partial charge in [-0.15, -0.1) is 0 Å². The second kappa shape index (κ2) is 6.44. The number of fused-ring (bicyclic) bond motifs is 6. The zero-order chi connectivity index (χ0) is 20.3. The maximum absolute atomic E-state index is 13.5. The van der Waals surface area contributed by atoms with E-state index in [1.807, 2.05) is 18.2 Å². The Labute approximate surface area is 168 Å². The number of benzene rings is 2. The van der Waals surface area contributed by atoms with Crippen molar-refractivity contribution in [2.24, 2.45) is 0 Å². The molecule has 1 aromatic heterocycles. The molecule has 0 amide bonds. The summed E-state index contributed by atoms with van der Waals surface area (Å²) < 4.78 is 28.9. The van der Waals surface area contributed by atoms with Crippen LogP contribution in [0.2, 0.25) is 0 Å². The molecule has 2 aliphatic rings. The van der Waals surface area contributed by atoms with E-state index in [9.17, 15) is 4.79 Å². The quantitative estimate of drug-likeness (QED) is 0.642. The van der Waals surface area contributed by atoms with Crippen molar-refractivity contribution in [2.45, 2.75) is 31.8 Å². The van der Waals surface area contributed by atoms with E-state index in [1.54, 1.807) is 26.4 Å². The maximum Gasteiger partial charge on any atom is 0.178 e. The Kier molecular flexibility index (Phi) is 3.98. The summed E-state index contributed by atoms with van der Waals surface area (Å²) in [6.07, 6.45) is -0.413. The first-order valence-corrected chi connectivity index (χ1v) is 9.67. The van der Waals surface area contributed by atoms with Gasteiger partial charge < -0.3 is 23.4 Å². The van der Waals surface area contributed by atoms with Crippen molar-refractivity contribution in [1.82, 2.24) is 0 Å². The van der Waals surface area contributed by atoms with E-state index in [2.05, 4.69) is 13.8 Å². The van der Waals surface area contributed by atoms with E-state index in [-0.39, 0.29) is 18.3 Å². The van der Waals surface area contributed by atoms with Crippen molar-refractivity contribution >= 4 is 16.8 Å². The molecule has 0 fully saturated rings. The van der Waals surface area contributed by atoms with Gasteiger partial charge >= 0.3 is 0 Å². The molecular weight excluding hydrogens is 372 g/mol. The molecule has 3 heterocycles. The first-order valence-electron chi connectivity index (χ1n) is 9.67. The average molecular weight is 394 g/mol. The summed E-state index contributed by atoms with van der Waals surface area (Å²) in [6.45, 7) is 4.42. The van der Waals surface area contributed by atoms with Gasteiger partial charge in [-0.1, -0.05) is 13.8 Å². The molecule has 2 aromatic carbocycles. The first kappa shape index (κ1) is 17.9. The smallest absolute Gasteiger partial charge is 0.178 e. The molecule has 0 saturated heterocycles. The van der Waals surface area contributed by atoms with Gasteiger partial charge in [-0.2, -0.15) is 0 Å². The molecular formula is C23H22O6. The lowest BCUT2D eigenvalue weighted by molar-refractivity contribution is 0.0566. The Morgan fingerprint density at radius 2 is 1.83 bits per heavy atom. The third-order valence-electron chi connectivity index (χ3n) is 5.68. The van der Waals surface area contributed by atoms with Gasteiger partial charge in [0.25, 0.3) is 0 Å². The zero-order valence-corrected chi connectivity index (χ0v) is 16.8. The fourth-order valence-corrected chi connectivity index (χ4v) is 4.15. The van der Waals surface area contributed by atoms with Crippen molar-refractivity contribution in [1.29, 1.82) is 0 Å². The fraction of sp³-hybridized carbons (Fsp3) is 0.348. The summed E-state index contributed by atoms with van der Waals surface area (Å²) in [4.78, 5) is 13.5. The number of furan rings is 1. The normalized spacial score (nSPS) is 19.8. The van der Waals surface area contributed by atoms with Crippen LogP contribution in [0.4, 0.5) is 0 Å². The van der Waals surface area contributed by atoms with E-state index in [4.69, 9.17) is 23.4 Å². The highest BCUT2D eigenvalue weighted by Gasteiger charge is 2.44. The first-order chi connectivity index (χ1) is 14.0. The van der Waals surface area contributed by atoms with Crippen LogP contribution in [-0.4, -0.2) is 32.7 Å². The third-order valence-corrected chi connectivity index (χ3v) is 5.68. The van der Waals surface area contributed by atoms with Crippen LogP contribution in [-0.2, 0) is 0 Å². The van der Waals surface area contributed by atoms with Crippen LogP contribution in [0.3, 0.4) is 0 Å². The summed E-state index contributed by atoms with van der Waals surface area (Å²) in [7, 11) is 3.14. The fourth-order valence-electron chi connectivity index (χ4n) is 4.15. The van der Waals surface area contributed by atoms with Gasteiger partial charge in [-0.25, -0.2) is 0 Å². The summed E-state index contributed by atoms with van der Waals surface area (Å²) in [6, 6.07) is 9.18. The van der Waals surface area contributed by atoms with Crippen molar-refractivity contribution in [3.63, 3.8) is 0 Å². The summed E-state index contributed by atoms with van der Waals surface area (Å²) in [5.74, 6) is 3.00. The second-order valence-electron chi connectivity index (χ2n) is 7.71. The molecule has 0 saturated carbocycles. The molecule has 3 aromatic rings. The molecule has 0 bridgehead atoms. The molecule has 1 unspecified atom stereocenters. The van der Waals surface area contributed by atoms with E-state index >= 15 is 0 Å². The molecule has 0 radical (unpaired) electrons. The largest absolute Gasteiger partial charge is 0.493 e. The molecule has 6 heteroatoms. The van der Waals surface area contributed by atoms with E-state index in [0.29, 0.717) is 28.6 Å². The summed E-state index contributed by atoms with van der Waals surface area (Å²) in [5, 5.41) is 0.830. The number of ketones is 1. The monoisotopic (exact) mass is 394 g/mol. The van der Waals surface area contributed by atoms with Crippen LogP contribution in [0.15, 0.2) is 34.7 Å². The Morgan fingerprint density at radius 1 is 1.07 bits per heavy atom. The number of hydrogen-bond donors (Lipinski definition) is 0. The van der Waals surface area contributed by atoms with Crippen molar-refractivity contribution in [3.05, 3.63) is 47.2 Å². The second-order valence-corrected chi connectivity index (χ2v) is 7.71. The minimum atomic E-state index is -0.458. The Balaban J connectivity index is 1.64. The number of methoxy groups -OCH3 is 2. The van der Waals surface area contributed by atoms with Gasteiger partial charge in [-0.05, 0) is 24.3 Å². The topological polar surface area (TPSA) is 67.1 Å². The Morgan fingerprint density at radius 3 is 2.55 bits per heavy atom. The van der Waals surface area contributed by atoms with Crippen molar-refractivity contribution in [2.75, 3.05) is 20.8 Å². The number of hydrogen-bond acceptors (Lipinski definition) is 6. The number of carbonyl (C=O) groups excluding carboxylic acids is 1. The van der Waals surface area contributed by atoms with Crippen molar-refractivity contribution < 1.29 is 28.2 Å². The molecule has 2 aliphatic heterocycles. The predicted molar refractivity (Wildman–Crippen MR) is 107 cm³/mol. The molecule has 2 atom stereocenters. The molecule has 6 nitrogen and oxygen atoms in total. The van der Waals surface area contributed by atoms with Crippen LogP contribution in [0.25, 0.3) is 11.0 Å². The third kappa shape index (κ3) is 2.58. The molecule has 5 rings (SSSR count). The highest BCUT2D eigenvalue weighted by molar-refractivity contribution is 6.09. The van der Waals surface area contributed by atoms with Gasteiger partial charge in [0.05, 0.1) is 31.1 Å². The van der Waals surface area contributed by atoms with Crippen LogP contribution in [0.1, 0.15) is 47.4 Å². The molecule has 0 aliphatic carbocycles. The van der Waals surface area contributed by atoms with Crippen LogP contribution in [0, 0.1) is 0 Å². The Hall–Kier alpha value is -3.15. The number of Topliss-reactive ketones (excluding diaryl/α,β-unsaturated/α-hetero) is 1. The summed E-state index contributed by atoms with van der Waals surface area (Å²) in [5.41, 5.74) is 2.05. The Bertz CT molecular complexity index is 1130. The highest BCUT2D eigenvalue weighted by atomic mass is 16.5. The van der Waals surface area contributed by atoms with E-state index in [0.717, 1.165) is 22.3 Å². The van der Waals surface area contributed by atoms with Crippen molar-refractivity contribution in [3.8, 4) is 23.0 Å². The zero-order valence-electron chi connectivity index (χ0n) is 16.8. The van der Waals surface area contributed by atoms with E-state index < -0.39 is 12.0 Å². The van der Waals surface area contributed by atoms with E-state index in [1.165, 1.54) is 0 Å². The lowest BCUT2D eigenvalue weighted by Crippen LogP contribution is -2.43. The molecule has 0 N–H and O–H groups in total. The number of rotatable bonds is 3. The standard InChI is InChI=1S/C23H22O6/c1-11(2)16-8-14-15(28-16)6-5-12-22(24)21-13-7-18(25-3)19(26-4)9-17(13)27-10-20(21)29-23(12)14/h5-9,11,20-21H,10H2,1-4H3/t20?,21-/m0/s1. The van der Waals surface area contributed by atoms with Crippen LogP contribution < -0.4 is 18.9 Å². The lowest BCUT2D eigenvalue weighted by Gasteiger charge is -2.37. The van der Waals surface area contributed by atoms with Crippen LogP contribution >= 0.6 is 0 Å². The van der Waals surface area contributed by atoms with Gasteiger partial charge in [0.15, 0.2) is 17.3 Å². The van der Waals surface area contributed by atoms with Gasteiger partial charge in [0, 0.05) is 17.5 Å². The maximum atomic E-state index is 13.5. The van der Waals surface area contributed by atoms with Gasteiger partial charge in [0.1, 0.15) is 35.6 Å². The molecule has 0 spiro atoms. The number of carbonyl (C=O) groups is 1. The van der Waals surface area contributed by atoms with Gasteiger partial charge in [-0.3, -0.25) is 4.79 Å². The molecule has 29 heavy (non-hydrogen) atoms. The number of ether oxygens (including phenoxy) is 4. The minimum Gasteiger partial charge on any atom is -0.493 e. The lowest BCUT2D eigenvalue weighted by atomic mass is 9.81. The van der Waals surface area contributed by atoms with Crippen LogP contribution in [0.5, 0.6) is 23.0 Å². The SMILES string of the molecule is COc1cc2c(cc1OC)[C@@H]1C(=O)c3ccc4oc(C(C)C)cc4c3OC1CO2. The minimum absolute atomic E-state index is 0.0159. The average Bonchev–Trinajstić information content (AvgIpc) is 3.17. The predicted octanol–water partition coefficient (Wildman–Crippen LogP) is 4.69. The van der Waals surface area contributed by atoms with Gasteiger partial charge in [0.2, 0.25) is 0 Å². The molecule has 150 valence electrons.